The molecule has 1 aromatic rings. The molecule has 8 heteroatoms. The van der Waals surface area contributed by atoms with Crippen LogP contribution in [-0.4, -0.2) is 61.2 Å². The number of aliphatic carboxylic acids is 1. The van der Waals surface area contributed by atoms with Crippen LogP contribution in [0.15, 0.2) is 18.2 Å². The Kier molecular flexibility index (Phi) is 4.73. The summed E-state index contributed by atoms with van der Waals surface area (Å²) in [6, 6.07) is 3.46. The van der Waals surface area contributed by atoms with Crippen molar-refractivity contribution in [2.24, 2.45) is 0 Å². The lowest BCUT2D eigenvalue weighted by Gasteiger charge is -2.23. The summed E-state index contributed by atoms with van der Waals surface area (Å²) in [5.41, 5.74) is 0.765. The SMILES string of the molecule is COc1ccc(C(=O)N(C)[C@H](C)C(=O)O)cc1N1CCNC1=O. The van der Waals surface area contributed by atoms with Crippen LogP contribution in [0.25, 0.3) is 0 Å². The highest BCUT2D eigenvalue weighted by atomic mass is 16.5. The third-order valence-corrected chi connectivity index (χ3v) is 3.83. The van der Waals surface area contributed by atoms with Crippen LogP contribution >= 0.6 is 0 Å². The number of anilines is 1. The number of ether oxygens (including phenoxy) is 1. The van der Waals surface area contributed by atoms with Crippen molar-refractivity contribution in [2.45, 2.75) is 13.0 Å². The van der Waals surface area contributed by atoms with Crippen molar-refractivity contribution in [3.8, 4) is 5.75 Å². The first-order chi connectivity index (χ1) is 10.9. The first-order valence-corrected chi connectivity index (χ1v) is 7.10. The molecule has 1 aromatic carbocycles. The lowest BCUT2D eigenvalue weighted by Crippen LogP contribution is -2.40. The maximum Gasteiger partial charge on any atom is 0.326 e. The lowest BCUT2D eigenvalue weighted by atomic mass is 10.1. The van der Waals surface area contributed by atoms with Crippen molar-refractivity contribution in [1.82, 2.24) is 10.2 Å². The van der Waals surface area contributed by atoms with Crippen LogP contribution in [0.2, 0.25) is 0 Å². The molecule has 0 unspecified atom stereocenters. The molecule has 0 spiro atoms. The first kappa shape index (κ1) is 16.6. The summed E-state index contributed by atoms with van der Waals surface area (Å²) >= 11 is 0. The molecule has 2 rings (SSSR count). The largest absolute Gasteiger partial charge is 0.495 e. The van der Waals surface area contributed by atoms with E-state index in [1.807, 2.05) is 0 Å². The predicted octanol–water partition coefficient (Wildman–Crippen LogP) is 0.770. The lowest BCUT2D eigenvalue weighted by molar-refractivity contribution is -0.141. The van der Waals surface area contributed by atoms with E-state index in [1.54, 1.807) is 12.1 Å². The minimum absolute atomic E-state index is 0.264. The summed E-state index contributed by atoms with van der Waals surface area (Å²) in [5, 5.41) is 11.7. The molecule has 3 amide bonds. The number of carboxylic acids is 1. The number of rotatable bonds is 5. The highest BCUT2D eigenvalue weighted by Crippen LogP contribution is 2.31. The number of likely N-dealkylation sites (N-methyl/N-ethyl adjacent to an activating group) is 1. The number of nitrogens with zero attached hydrogens (tertiary/aromatic N) is 2. The van der Waals surface area contributed by atoms with Gasteiger partial charge in [-0.05, 0) is 25.1 Å². The maximum absolute atomic E-state index is 12.4. The Morgan fingerprint density at radius 1 is 1.43 bits per heavy atom. The van der Waals surface area contributed by atoms with Crippen LogP contribution in [0.4, 0.5) is 10.5 Å². The van der Waals surface area contributed by atoms with E-state index in [4.69, 9.17) is 9.84 Å². The summed E-state index contributed by atoms with van der Waals surface area (Å²) in [7, 11) is 2.90. The molecular formula is C15H19N3O5. The van der Waals surface area contributed by atoms with E-state index in [1.165, 1.54) is 32.0 Å². The number of carbonyl (C=O) groups excluding carboxylic acids is 2. The molecule has 1 aliphatic rings. The second kappa shape index (κ2) is 6.55. The molecule has 0 aliphatic carbocycles. The Bertz CT molecular complexity index is 646. The van der Waals surface area contributed by atoms with Gasteiger partial charge in [0.2, 0.25) is 0 Å². The number of amides is 3. The van der Waals surface area contributed by atoms with Crippen LogP contribution in [-0.2, 0) is 4.79 Å². The van der Waals surface area contributed by atoms with Crippen molar-refractivity contribution in [2.75, 3.05) is 32.1 Å². The average Bonchev–Trinajstić information content (AvgIpc) is 2.97. The molecule has 1 fully saturated rings. The smallest absolute Gasteiger partial charge is 0.326 e. The molecule has 124 valence electrons. The highest BCUT2D eigenvalue weighted by Gasteiger charge is 2.27. The van der Waals surface area contributed by atoms with E-state index in [2.05, 4.69) is 5.32 Å². The molecule has 23 heavy (non-hydrogen) atoms. The quantitative estimate of drug-likeness (QED) is 0.834. The fourth-order valence-electron chi connectivity index (χ4n) is 2.28. The monoisotopic (exact) mass is 321 g/mol. The van der Waals surface area contributed by atoms with Gasteiger partial charge >= 0.3 is 12.0 Å². The summed E-state index contributed by atoms with van der Waals surface area (Å²) in [4.78, 5) is 37.9. The molecule has 1 saturated heterocycles. The zero-order chi connectivity index (χ0) is 17.1. The van der Waals surface area contributed by atoms with Gasteiger partial charge in [-0.15, -0.1) is 0 Å². The van der Waals surface area contributed by atoms with Gasteiger partial charge in [-0.25, -0.2) is 9.59 Å². The minimum Gasteiger partial charge on any atom is -0.495 e. The maximum atomic E-state index is 12.4. The Morgan fingerprint density at radius 2 is 2.13 bits per heavy atom. The van der Waals surface area contributed by atoms with Crippen molar-refractivity contribution >= 4 is 23.6 Å². The van der Waals surface area contributed by atoms with E-state index in [0.717, 1.165) is 4.90 Å². The Balaban J connectivity index is 2.35. The Hall–Kier alpha value is -2.77. The third kappa shape index (κ3) is 3.20. The average molecular weight is 321 g/mol. The van der Waals surface area contributed by atoms with Gasteiger partial charge in [0.25, 0.3) is 5.91 Å². The molecule has 8 nitrogen and oxygen atoms in total. The number of methoxy groups -OCH3 is 1. The number of carboxylic acid groups (broad SMARTS) is 1. The summed E-state index contributed by atoms with van der Waals surface area (Å²) in [5.74, 6) is -1.07. The van der Waals surface area contributed by atoms with E-state index in [0.29, 0.717) is 24.5 Å². The molecule has 1 atom stereocenters. The molecule has 2 N–H and O–H groups in total. The molecule has 0 bridgehead atoms. The second-order valence-electron chi connectivity index (χ2n) is 5.20. The summed E-state index contributed by atoms with van der Waals surface area (Å²) < 4.78 is 5.25. The molecule has 1 aliphatic heterocycles. The molecule has 1 heterocycles. The van der Waals surface area contributed by atoms with Crippen LogP contribution < -0.4 is 15.0 Å². The number of hydrogen-bond acceptors (Lipinski definition) is 4. The second-order valence-corrected chi connectivity index (χ2v) is 5.20. The Morgan fingerprint density at radius 3 is 2.65 bits per heavy atom. The van der Waals surface area contributed by atoms with E-state index in [-0.39, 0.29) is 11.6 Å². The van der Waals surface area contributed by atoms with Gasteiger partial charge in [0.15, 0.2) is 0 Å². The van der Waals surface area contributed by atoms with E-state index >= 15 is 0 Å². The summed E-state index contributed by atoms with van der Waals surface area (Å²) in [6.07, 6.45) is 0. The van der Waals surface area contributed by atoms with Gasteiger partial charge in [-0.1, -0.05) is 0 Å². The highest BCUT2D eigenvalue weighted by molar-refractivity contribution is 6.00. The van der Waals surface area contributed by atoms with E-state index in [9.17, 15) is 14.4 Å². The number of carbonyl (C=O) groups is 3. The molecule has 0 radical (unpaired) electrons. The fourth-order valence-corrected chi connectivity index (χ4v) is 2.28. The van der Waals surface area contributed by atoms with Crippen molar-refractivity contribution in [3.63, 3.8) is 0 Å². The van der Waals surface area contributed by atoms with Gasteiger partial charge in [0, 0.05) is 25.7 Å². The standard InChI is InChI=1S/C15H19N3O5/c1-9(14(20)21)17(2)13(19)10-4-5-12(23-3)11(8-10)18-7-6-16-15(18)22/h4-5,8-9H,6-7H2,1-3H3,(H,16,22)(H,20,21)/t9-/m1/s1. The Labute approximate surface area is 133 Å². The van der Waals surface area contributed by atoms with Crippen molar-refractivity contribution < 1.29 is 24.2 Å². The molecular weight excluding hydrogens is 302 g/mol. The number of benzene rings is 1. The fraction of sp³-hybridized carbons (Fsp3) is 0.400. The van der Waals surface area contributed by atoms with Crippen LogP contribution in [0.3, 0.4) is 0 Å². The zero-order valence-electron chi connectivity index (χ0n) is 13.2. The summed E-state index contributed by atoms with van der Waals surface area (Å²) in [6.45, 7) is 2.41. The number of hydrogen-bond donors (Lipinski definition) is 2. The van der Waals surface area contributed by atoms with Crippen LogP contribution in [0.5, 0.6) is 5.75 Å². The van der Waals surface area contributed by atoms with Crippen LogP contribution in [0, 0.1) is 0 Å². The van der Waals surface area contributed by atoms with E-state index < -0.39 is 17.9 Å². The minimum atomic E-state index is -1.09. The van der Waals surface area contributed by atoms with Crippen molar-refractivity contribution in [1.29, 1.82) is 0 Å². The van der Waals surface area contributed by atoms with Gasteiger partial charge < -0.3 is 20.1 Å². The predicted molar refractivity (Wildman–Crippen MR) is 82.9 cm³/mol. The van der Waals surface area contributed by atoms with Gasteiger partial charge in [-0.3, -0.25) is 9.69 Å². The van der Waals surface area contributed by atoms with Gasteiger partial charge in [0.1, 0.15) is 11.8 Å². The first-order valence-electron chi connectivity index (χ1n) is 7.10. The van der Waals surface area contributed by atoms with Crippen LogP contribution in [0.1, 0.15) is 17.3 Å². The van der Waals surface area contributed by atoms with Gasteiger partial charge in [0.05, 0.1) is 12.8 Å². The molecule has 0 aromatic heterocycles. The van der Waals surface area contributed by atoms with Gasteiger partial charge in [-0.2, -0.15) is 0 Å². The van der Waals surface area contributed by atoms with Crippen molar-refractivity contribution in [3.05, 3.63) is 23.8 Å². The number of nitrogens with one attached hydrogen (secondary N) is 1. The number of urea groups is 1. The normalized spacial score (nSPS) is 15.1. The molecule has 0 saturated carbocycles. The third-order valence-electron chi connectivity index (χ3n) is 3.83. The zero-order valence-corrected chi connectivity index (χ0v) is 13.2. The topological polar surface area (TPSA) is 99.2 Å².